The van der Waals surface area contributed by atoms with Crippen molar-refractivity contribution in [3.8, 4) is 5.75 Å². The van der Waals surface area contributed by atoms with Gasteiger partial charge in [0.1, 0.15) is 5.60 Å². The second-order valence-electron chi connectivity index (χ2n) is 6.63. The van der Waals surface area contributed by atoms with Crippen LogP contribution in [-0.2, 0) is 26.6 Å². The van der Waals surface area contributed by atoms with Crippen LogP contribution >= 0.6 is 0 Å². The molecule has 0 atom stereocenters. The zero-order chi connectivity index (χ0) is 20.3. The Kier molecular flexibility index (Phi) is 6.72. The maximum absolute atomic E-state index is 12.9. The van der Waals surface area contributed by atoms with Crippen LogP contribution in [0.2, 0.25) is 0 Å². The third-order valence-electron chi connectivity index (χ3n) is 3.30. The SMILES string of the molecule is Cc1c(CNCC(=O)OC(C)(C)C)cc(C(=O)O)c(C)c1OS(=O)(=O)F. The highest BCUT2D eigenvalue weighted by Crippen LogP contribution is 2.31. The summed E-state index contributed by atoms with van der Waals surface area (Å²) < 4.78 is 44.0. The van der Waals surface area contributed by atoms with Gasteiger partial charge in [0.25, 0.3) is 0 Å². The number of carbonyl (C=O) groups is 2. The quantitative estimate of drug-likeness (QED) is 0.535. The Bertz CT molecular complexity index is 813. The number of carboxylic acids is 1. The smallest absolute Gasteiger partial charge is 0.478 e. The van der Waals surface area contributed by atoms with Gasteiger partial charge >= 0.3 is 22.4 Å². The molecular formula is C16H22FNO7S. The minimum Gasteiger partial charge on any atom is -0.478 e. The average Bonchev–Trinajstić information content (AvgIpc) is 2.42. The molecule has 1 rings (SSSR count). The van der Waals surface area contributed by atoms with E-state index in [1.54, 1.807) is 20.8 Å². The number of carbonyl (C=O) groups excluding carboxylic acids is 1. The summed E-state index contributed by atoms with van der Waals surface area (Å²) in [7, 11) is -5.32. The van der Waals surface area contributed by atoms with Crippen molar-refractivity contribution in [3.05, 3.63) is 28.3 Å². The molecule has 0 spiro atoms. The lowest BCUT2D eigenvalue weighted by molar-refractivity contribution is -0.153. The lowest BCUT2D eigenvalue weighted by atomic mass is 9.98. The molecule has 0 heterocycles. The lowest BCUT2D eigenvalue weighted by Gasteiger charge is -2.20. The van der Waals surface area contributed by atoms with Gasteiger partial charge < -0.3 is 19.3 Å². The Morgan fingerprint density at radius 2 is 1.81 bits per heavy atom. The Morgan fingerprint density at radius 1 is 1.23 bits per heavy atom. The van der Waals surface area contributed by atoms with Crippen molar-refractivity contribution in [2.75, 3.05) is 6.54 Å². The Hall–Kier alpha value is -2.20. The number of hydrogen-bond acceptors (Lipinski definition) is 7. The molecule has 0 radical (unpaired) electrons. The molecule has 2 N–H and O–H groups in total. The van der Waals surface area contributed by atoms with E-state index in [0.717, 1.165) is 0 Å². The van der Waals surface area contributed by atoms with Crippen LogP contribution in [0.25, 0.3) is 0 Å². The van der Waals surface area contributed by atoms with Crippen LogP contribution in [0.15, 0.2) is 6.07 Å². The highest BCUT2D eigenvalue weighted by Gasteiger charge is 2.22. The molecule has 0 unspecified atom stereocenters. The maximum Gasteiger partial charge on any atom is 0.488 e. The second kappa shape index (κ2) is 8.00. The third kappa shape index (κ3) is 6.60. The summed E-state index contributed by atoms with van der Waals surface area (Å²) in [6.45, 7) is 7.80. The number of hydrogen-bond donors (Lipinski definition) is 2. The van der Waals surface area contributed by atoms with Crippen molar-refractivity contribution >= 4 is 22.4 Å². The summed E-state index contributed by atoms with van der Waals surface area (Å²) in [6, 6.07) is 1.31. The van der Waals surface area contributed by atoms with Crippen LogP contribution in [-0.4, -0.2) is 37.6 Å². The predicted octanol–water partition coefficient (Wildman–Crippen LogP) is 2.03. The molecule has 26 heavy (non-hydrogen) atoms. The second-order valence-corrected chi connectivity index (χ2v) is 7.59. The number of benzene rings is 1. The monoisotopic (exact) mass is 391 g/mol. The first kappa shape index (κ1) is 21.8. The summed E-state index contributed by atoms with van der Waals surface area (Å²) in [4.78, 5) is 23.0. The predicted molar refractivity (Wildman–Crippen MR) is 91.1 cm³/mol. The van der Waals surface area contributed by atoms with E-state index >= 15 is 0 Å². The van der Waals surface area contributed by atoms with E-state index in [9.17, 15) is 27.0 Å². The van der Waals surface area contributed by atoms with Crippen molar-refractivity contribution in [2.24, 2.45) is 0 Å². The summed E-state index contributed by atoms with van der Waals surface area (Å²) >= 11 is 0. The van der Waals surface area contributed by atoms with Gasteiger partial charge in [-0.3, -0.25) is 4.79 Å². The van der Waals surface area contributed by atoms with Gasteiger partial charge in [0, 0.05) is 12.1 Å². The zero-order valence-corrected chi connectivity index (χ0v) is 16.0. The molecule has 0 aliphatic rings. The molecule has 1 aromatic carbocycles. The number of esters is 1. The molecule has 0 saturated heterocycles. The highest BCUT2D eigenvalue weighted by molar-refractivity contribution is 7.81. The Labute approximate surface area is 151 Å². The van der Waals surface area contributed by atoms with E-state index in [0.29, 0.717) is 5.56 Å². The fourth-order valence-corrected chi connectivity index (χ4v) is 2.70. The largest absolute Gasteiger partial charge is 0.488 e. The van der Waals surface area contributed by atoms with Crippen molar-refractivity contribution in [1.29, 1.82) is 0 Å². The first-order chi connectivity index (χ1) is 11.7. The number of carboxylic acid groups (broad SMARTS) is 1. The summed E-state index contributed by atoms with van der Waals surface area (Å²) in [5.41, 5.74) is -0.318. The van der Waals surface area contributed by atoms with Crippen LogP contribution in [0.1, 0.15) is 47.8 Å². The lowest BCUT2D eigenvalue weighted by Crippen LogP contribution is -2.31. The average molecular weight is 391 g/mol. The van der Waals surface area contributed by atoms with E-state index < -0.39 is 28.0 Å². The zero-order valence-electron chi connectivity index (χ0n) is 15.2. The van der Waals surface area contributed by atoms with Crippen LogP contribution < -0.4 is 9.50 Å². The number of halogens is 1. The standard InChI is InChI=1S/C16H22FNO7S/c1-9-11(7-18-8-13(19)24-16(3,4)5)6-12(15(20)21)10(2)14(9)25-26(17,22)23/h6,18H,7-8H2,1-5H3,(H,20,21). The normalized spacial score (nSPS) is 11.9. The molecule has 0 amide bonds. The van der Waals surface area contributed by atoms with Crippen LogP contribution in [0.5, 0.6) is 5.75 Å². The van der Waals surface area contributed by atoms with Crippen LogP contribution in [0.3, 0.4) is 0 Å². The minimum atomic E-state index is -5.32. The van der Waals surface area contributed by atoms with Crippen molar-refractivity contribution in [2.45, 2.75) is 46.8 Å². The summed E-state index contributed by atoms with van der Waals surface area (Å²) in [5, 5.41) is 12.0. The topological polar surface area (TPSA) is 119 Å². The number of aromatic carboxylic acids is 1. The van der Waals surface area contributed by atoms with Gasteiger partial charge in [-0.15, -0.1) is 0 Å². The van der Waals surface area contributed by atoms with Gasteiger partial charge in [-0.05, 0) is 51.8 Å². The molecule has 8 nitrogen and oxygen atoms in total. The number of nitrogens with one attached hydrogen (secondary N) is 1. The first-order valence-electron chi connectivity index (χ1n) is 7.64. The highest BCUT2D eigenvalue weighted by atomic mass is 32.3. The van der Waals surface area contributed by atoms with Gasteiger partial charge in [0.15, 0.2) is 5.75 Å². The van der Waals surface area contributed by atoms with E-state index in [2.05, 4.69) is 9.50 Å². The van der Waals surface area contributed by atoms with Gasteiger partial charge in [0.05, 0.1) is 12.1 Å². The van der Waals surface area contributed by atoms with Gasteiger partial charge in [0.2, 0.25) is 0 Å². The van der Waals surface area contributed by atoms with E-state index in [-0.39, 0.29) is 35.5 Å². The molecule has 0 fully saturated rings. The molecule has 10 heteroatoms. The fraction of sp³-hybridized carbons (Fsp3) is 0.500. The molecule has 1 aromatic rings. The summed E-state index contributed by atoms with van der Waals surface area (Å²) in [6.07, 6.45) is 0. The third-order valence-corrected chi connectivity index (χ3v) is 3.67. The van der Waals surface area contributed by atoms with E-state index in [1.165, 1.54) is 19.9 Å². The Balaban J connectivity index is 3.08. The van der Waals surface area contributed by atoms with Crippen LogP contribution in [0.4, 0.5) is 3.89 Å². The molecule has 0 bridgehead atoms. The molecule has 0 aliphatic carbocycles. The number of ether oxygens (including phenoxy) is 1. The molecular weight excluding hydrogens is 369 g/mol. The summed E-state index contributed by atoms with van der Waals surface area (Å²) in [5.74, 6) is -2.22. The molecule has 146 valence electrons. The minimum absolute atomic E-state index is 0.0212. The van der Waals surface area contributed by atoms with Gasteiger partial charge in [-0.25, -0.2) is 4.79 Å². The molecule has 0 saturated carbocycles. The molecule has 0 aromatic heterocycles. The fourth-order valence-electron chi connectivity index (χ4n) is 2.25. The van der Waals surface area contributed by atoms with E-state index in [4.69, 9.17) is 4.74 Å². The van der Waals surface area contributed by atoms with Crippen molar-refractivity contribution < 1.29 is 35.9 Å². The van der Waals surface area contributed by atoms with Gasteiger partial charge in [-0.2, -0.15) is 8.42 Å². The Morgan fingerprint density at radius 3 is 2.27 bits per heavy atom. The van der Waals surface area contributed by atoms with Crippen molar-refractivity contribution in [1.82, 2.24) is 5.32 Å². The van der Waals surface area contributed by atoms with Crippen molar-refractivity contribution in [3.63, 3.8) is 0 Å². The maximum atomic E-state index is 12.9. The van der Waals surface area contributed by atoms with Gasteiger partial charge in [-0.1, -0.05) is 3.89 Å². The number of rotatable bonds is 7. The van der Waals surface area contributed by atoms with E-state index in [1.807, 2.05) is 0 Å². The first-order valence-corrected chi connectivity index (χ1v) is 8.95. The van der Waals surface area contributed by atoms with Crippen LogP contribution in [0, 0.1) is 13.8 Å². The molecule has 0 aliphatic heterocycles.